The summed E-state index contributed by atoms with van der Waals surface area (Å²) < 4.78 is 5.39. The summed E-state index contributed by atoms with van der Waals surface area (Å²) >= 11 is 0. The molecule has 0 spiro atoms. The molecule has 124 valence electrons. The second-order valence-corrected chi connectivity index (χ2v) is 6.66. The van der Waals surface area contributed by atoms with Crippen molar-refractivity contribution in [2.24, 2.45) is 0 Å². The normalized spacial score (nSPS) is 15.0. The van der Waals surface area contributed by atoms with E-state index >= 15 is 0 Å². The highest BCUT2D eigenvalue weighted by Crippen LogP contribution is 2.24. The summed E-state index contributed by atoms with van der Waals surface area (Å²) in [5, 5.41) is 2.75. The van der Waals surface area contributed by atoms with Crippen molar-refractivity contribution in [2.45, 2.75) is 39.7 Å². The standard InChI is InChI=1S/C18H24N2O3/c1-13(21)19-16-7-5-14(6-8-16)15-9-11-20(12-10-15)17(22)23-18(2,3)4/h5-9H,10-12H2,1-4H3,(H,19,21). The Bertz CT molecular complexity index is 612. The average molecular weight is 316 g/mol. The Morgan fingerprint density at radius 3 is 2.30 bits per heavy atom. The summed E-state index contributed by atoms with van der Waals surface area (Å²) in [6, 6.07) is 7.75. The van der Waals surface area contributed by atoms with Crippen LogP contribution in [-0.2, 0) is 9.53 Å². The molecule has 2 amide bonds. The average Bonchev–Trinajstić information content (AvgIpc) is 2.46. The number of hydrogen-bond donors (Lipinski definition) is 1. The van der Waals surface area contributed by atoms with E-state index in [9.17, 15) is 9.59 Å². The highest BCUT2D eigenvalue weighted by Gasteiger charge is 2.23. The van der Waals surface area contributed by atoms with E-state index in [-0.39, 0.29) is 12.0 Å². The van der Waals surface area contributed by atoms with Gasteiger partial charge in [0.25, 0.3) is 0 Å². The number of ether oxygens (including phenoxy) is 1. The molecule has 1 aliphatic heterocycles. The van der Waals surface area contributed by atoms with Crippen LogP contribution in [0, 0.1) is 0 Å². The molecule has 0 saturated heterocycles. The van der Waals surface area contributed by atoms with Crippen molar-refractivity contribution in [3.8, 4) is 0 Å². The lowest BCUT2D eigenvalue weighted by atomic mass is 9.99. The molecule has 0 radical (unpaired) electrons. The Kier molecular flexibility index (Phi) is 5.08. The fourth-order valence-electron chi connectivity index (χ4n) is 2.39. The molecule has 0 aliphatic carbocycles. The molecule has 5 nitrogen and oxygen atoms in total. The number of benzene rings is 1. The molecule has 0 fully saturated rings. The molecule has 2 rings (SSSR count). The van der Waals surface area contributed by atoms with Crippen LogP contribution in [0.3, 0.4) is 0 Å². The van der Waals surface area contributed by atoms with Gasteiger partial charge in [-0.15, -0.1) is 0 Å². The van der Waals surface area contributed by atoms with Crippen molar-refractivity contribution < 1.29 is 14.3 Å². The number of amides is 2. The van der Waals surface area contributed by atoms with Gasteiger partial charge in [-0.05, 0) is 50.5 Å². The van der Waals surface area contributed by atoms with Gasteiger partial charge in [-0.1, -0.05) is 18.2 Å². The molecule has 23 heavy (non-hydrogen) atoms. The van der Waals surface area contributed by atoms with Gasteiger partial charge in [0.15, 0.2) is 0 Å². The van der Waals surface area contributed by atoms with Crippen LogP contribution in [0.15, 0.2) is 30.3 Å². The van der Waals surface area contributed by atoms with E-state index in [0.717, 1.165) is 17.7 Å². The van der Waals surface area contributed by atoms with E-state index in [2.05, 4.69) is 11.4 Å². The van der Waals surface area contributed by atoms with Crippen LogP contribution in [0.5, 0.6) is 0 Å². The van der Waals surface area contributed by atoms with Crippen LogP contribution in [0.4, 0.5) is 10.5 Å². The predicted molar refractivity (Wildman–Crippen MR) is 91.1 cm³/mol. The lowest BCUT2D eigenvalue weighted by Crippen LogP contribution is -2.39. The first-order chi connectivity index (χ1) is 10.7. The van der Waals surface area contributed by atoms with Gasteiger partial charge in [0.2, 0.25) is 5.91 Å². The van der Waals surface area contributed by atoms with Crippen molar-refractivity contribution >= 4 is 23.3 Å². The summed E-state index contributed by atoms with van der Waals surface area (Å²) in [4.78, 5) is 24.8. The van der Waals surface area contributed by atoms with Crippen LogP contribution in [0.1, 0.15) is 39.7 Å². The highest BCUT2D eigenvalue weighted by molar-refractivity contribution is 5.88. The molecule has 1 N–H and O–H groups in total. The summed E-state index contributed by atoms with van der Waals surface area (Å²) in [5.41, 5.74) is 2.64. The summed E-state index contributed by atoms with van der Waals surface area (Å²) in [5.74, 6) is -0.0809. The first-order valence-electron chi connectivity index (χ1n) is 7.79. The maximum atomic E-state index is 12.0. The van der Waals surface area contributed by atoms with Crippen molar-refractivity contribution in [1.82, 2.24) is 4.90 Å². The van der Waals surface area contributed by atoms with E-state index in [0.29, 0.717) is 13.1 Å². The number of rotatable bonds is 2. The first-order valence-corrected chi connectivity index (χ1v) is 7.79. The number of hydrogen-bond acceptors (Lipinski definition) is 3. The molecular weight excluding hydrogens is 292 g/mol. The van der Waals surface area contributed by atoms with Crippen LogP contribution in [-0.4, -0.2) is 35.6 Å². The van der Waals surface area contributed by atoms with E-state index in [1.165, 1.54) is 12.5 Å². The Hall–Kier alpha value is -2.30. The molecule has 0 unspecified atom stereocenters. The van der Waals surface area contributed by atoms with Crippen LogP contribution in [0.2, 0.25) is 0 Å². The molecule has 5 heteroatoms. The number of nitrogens with one attached hydrogen (secondary N) is 1. The largest absolute Gasteiger partial charge is 0.444 e. The third-order valence-corrected chi connectivity index (χ3v) is 3.44. The summed E-state index contributed by atoms with van der Waals surface area (Å²) in [7, 11) is 0. The first kappa shape index (κ1) is 17.1. The molecule has 0 saturated carbocycles. The number of carbonyl (C=O) groups excluding carboxylic acids is 2. The Labute approximate surface area is 137 Å². The van der Waals surface area contributed by atoms with Crippen molar-refractivity contribution in [2.75, 3.05) is 18.4 Å². The minimum Gasteiger partial charge on any atom is -0.444 e. The molecular formula is C18H24N2O3. The fourth-order valence-corrected chi connectivity index (χ4v) is 2.39. The maximum Gasteiger partial charge on any atom is 0.410 e. The van der Waals surface area contributed by atoms with Gasteiger partial charge in [0.1, 0.15) is 5.60 Å². The third-order valence-electron chi connectivity index (χ3n) is 3.44. The predicted octanol–water partition coefficient (Wildman–Crippen LogP) is 3.67. The van der Waals surface area contributed by atoms with E-state index < -0.39 is 5.60 Å². The van der Waals surface area contributed by atoms with E-state index in [1.54, 1.807) is 4.90 Å². The van der Waals surface area contributed by atoms with Gasteiger partial charge in [-0.25, -0.2) is 4.79 Å². The number of nitrogens with zero attached hydrogens (tertiary/aromatic N) is 1. The lowest BCUT2D eigenvalue weighted by molar-refractivity contribution is -0.114. The van der Waals surface area contributed by atoms with E-state index in [4.69, 9.17) is 4.74 Å². The Morgan fingerprint density at radius 1 is 1.17 bits per heavy atom. The molecule has 0 atom stereocenters. The zero-order chi connectivity index (χ0) is 17.0. The SMILES string of the molecule is CC(=O)Nc1ccc(C2=CCN(C(=O)OC(C)(C)C)CC2)cc1. The van der Waals surface area contributed by atoms with Crippen LogP contribution < -0.4 is 5.32 Å². The second kappa shape index (κ2) is 6.86. The van der Waals surface area contributed by atoms with E-state index in [1.807, 2.05) is 45.0 Å². The van der Waals surface area contributed by atoms with Crippen LogP contribution >= 0.6 is 0 Å². The van der Waals surface area contributed by atoms with Gasteiger partial charge < -0.3 is 15.0 Å². The molecule has 1 heterocycles. The quantitative estimate of drug-likeness (QED) is 0.905. The minimum absolute atomic E-state index is 0.0809. The highest BCUT2D eigenvalue weighted by atomic mass is 16.6. The second-order valence-electron chi connectivity index (χ2n) is 6.66. The zero-order valence-corrected chi connectivity index (χ0v) is 14.2. The Balaban J connectivity index is 1.98. The van der Waals surface area contributed by atoms with Gasteiger partial charge in [-0.2, -0.15) is 0 Å². The van der Waals surface area contributed by atoms with Crippen molar-refractivity contribution in [3.05, 3.63) is 35.9 Å². The fraction of sp³-hybridized carbons (Fsp3) is 0.444. The summed E-state index contributed by atoms with van der Waals surface area (Å²) in [6.07, 6.45) is 2.58. The van der Waals surface area contributed by atoms with Gasteiger partial charge >= 0.3 is 6.09 Å². The summed E-state index contributed by atoms with van der Waals surface area (Å²) in [6.45, 7) is 8.29. The number of anilines is 1. The lowest BCUT2D eigenvalue weighted by Gasteiger charge is -2.29. The third kappa shape index (κ3) is 5.13. The van der Waals surface area contributed by atoms with Gasteiger partial charge in [-0.3, -0.25) is 4.79 Å². The van der Waals surface area contributed by atoms with Crippen molar-refractivity contribution in [3.63, 3.8) is 0 Å². The molecule has 1 aromatic carbocycles. The molecule has 0 aromatic heterocycles. The van der Waals surface area contributed by atoms with Crippen LogP contribution in [0.25, 0.3) is 5.57 Å². The molecule has 0 bridgehead atoms. The monoisotopic (exact) mass is 316 g/mol. The zero-order valence-electron chi connectivity index (χ0n) is 14.2. The maximum absolute atomic E-state index is 12.0. The smallest absolute Gasteiger partial charge is 0.410 e. The van der Waals surface area contributed by atoms with Gasteiger partial charge in [0, 0.05) is 25.7 Å². The molecule has 1 aliphatic rings. The Morgan fingerprint density at radius 2 is 1.83 bits per heavy atom. The minimum atomic E-state index is -0.472. The van der Waals surface area contributed by atoms with Crippen molar-refractivity contribution in [1.29, 1.82) is 0 Å². The number of carbonyl (C=O) groups is 2. The molecule has 1 aromatic rings. The van der Waals surface area contributed by atoms with Gasteiger partial charge in [0.05, 0.1) is 0 Å². The topological polar surface area (TPSA) is 58.6 Å².